The van der Waals surface area contributed by atoms with E-state index in [2.05, 4.69) is 0 Å². The van der Waals surface area contributed by atoms with Crippen LogP contribution >= 0.6 is 0 Å². The number of carbonyl (C=O) groups excluding carboxylic acids is 1. The van der Waals surface area contributed by atoms with Crippen LogP contribution in [0.2, 0.25) is 0 Å². The standard InChI is InChI=1S/C20H19NO4/c1-12(22)21-19(13-4-6-14(23-2)7-5-13)15-10-11-25-16-8-9-17(24-3)20(21)18(15)16/h4-9H,10-11H2,1-3H3. The highest BCUT2D eigenvalue weighted by Gasteiger charge is 2.28. The van der Waals surface area contributed by atoms with Crippen molar-refractivity contribution >= 4 is 16.8 Å². The van der Waals surface area contributed by atoms with Gasteiger partial charge in [-0.15, -0.1) is 0 Å². The number of hydrogen-bond donors (Lipinski definition) is 0. The van der Waals surface area contributed by atoms with Gasteiger partial charge in [0, 0.05) is 18.7 Å². The first-order chi connectivity index (χ1) is 12.2. The number of ether oxygens (including phenoxy) is 3. The van der Waals surface area contributed by atoms with Crippen LogP contribution in [0.1, 0.15) is 17.3 Å². The van der Waals surface area contributed by atoms with Gasteiger partial charge in [-0.05, 0) is 47.5 Å². The molecule has 0 bridgehead atoms. The number of hydrogen-bond acceptors (Lipinski definition) is 4. The van der Waals surface area contributed by atoms with Gasteiger partial charge >= 0.3 is 0 Å². The lowest BCUT2D eigenvalue weighted by Gasteiger charge is -2.16. The number of rotatable bonds is 3. The van der Waals surface area contributed by atoms with E-state index in [1.54, 1.807) is 25.7 Å². The molecule has 1 aliphatic heterocycles. The molecule has 2 aromatic carbocycles. The zero-order valence-corrected chi connectivity index (χ0v) is 14.5. The fraction of sp³-hybridized carbons (Fsp3) is 0.250. The van der Waals surface area contributed by atoms with Crippen molar-refractivity contribution in [1.29, 1.82) is 0 Å². The lowest BCUT2D eigenvalue weighted by molar-refractivity contribution is 0.0943. The summed E-state index contributed by atoms with van der Waals surface area (Å²) < 4.78 is 18.3. The molecule has 1 aromatic heterocycles. The molecule has 0 unspecified atom stereocenters. The van der Waals surface area contributed by atoms with Crippen molar-refractivity contribution in [2.75, 3.05) is 20.8 Å². The fourth-order valence-corrected chi connectivity index (χ4v) is 3.59. The van der Waals surface area contributed by atoms with Crippen molar-refractivity contribution in [3.63, 3.8) is 0 Å². The predicted octanol–water partition coefficient (Wildman–Crippen LogP) is 3.92. The summed E-state index contributed by atoms with van der Waals surface area (Å²) in [6.07, 6.45) is 0.748. The van der Waals surface area contributed by atoms with Crippen molar-refractivity contribution in [1.82, 2.24) is 4.57 Å². The van der Waals surface area contributed by atoms with E-state index >= 15 is 0 Å². The highest BCUT2D eigenvalue weighted by Crippen LogP contribution is 2.45. The summed E-state index contributed by atoms with van der Waals surface area (Å²) in [5, 5.41) is 0.964. The van der Waals surface area contributed by atoms with Crippen LogP contribution in [0.25, 0.3) is 22.2 Å². The van der Waals surface area contributed by atoms with E-state index in [0.29, 0.717) is 12.4 Å². The molecule has 0 N–H and O–H groups in total. The Labute approximate surface area is 145 Å². The molecule has 0 amide bonds. The topological polar surface area (TPSA) is 49.7 Å². The summed E-state index contributed by atoms with van der Waals surface area (Å²) in [6, 6.07) is 11.5. The predicted molar refractivity (Wildman–Crippen MR) is 96.0 cm³/mol. The molecule has 2 heterocycles. The first-order valence-electron chi connectivity index (χ1n) is 8.18. The van der Waals surface area contributed by atoms with Gasteiger partial charge in [0.15, 0.2) is 0 Å². The molecule has 4 rings (SSSR count). The van der Waals surface area contributed by atoms with Gasteiger partial charge in [-0.3, -0.25) is 9.36 Å². The molecule has 0 spiro atoms. The van der Waals surface area contributed by atoms with Crippen LogP contribution in [0.15, 0.2) is 36.4 Å². The molecular weight excluding hydrogens is 318 g/mol. The van der Waals surface area contributed by atoms with Gasteiger partial charge in [0.1, 0.15) is 22.8 Å². The first kappa shape index (κ1) is 15.6. The molecule has 0 atom stereocenters. The highest BCUT2D eigenvalue weighted by molar-refractivity contribution is 6.06. The zero-order valence-electron chi connectivity index (χ0n) is 14.5. The van der Waals surface area contributed by atoms with Crippen molar-refractivity contribution < 1.29 is 19.0 Å². The zero-order chi connectivity index (χ0) is 17.6. The average Bonchev–Trinajstić information content (AvgIpc) is 2.99. The Kier molecular flexibility index (Phi) is 3.64. The Morgan fingerprint density at radius 1 is 1.08 bits per heavy atom. The molecule has 0 saturated heterocycles. The quantitative estimate of drug-likeness (QED) is 0.727. The smallest absolute Gasteiger partial charge is 0.228 e. The lowest BCUT2D eigenvalue weighted by Crippen LogP contribution is -2.09. The maximum atomic E-state index is 12.5. The number of methoxy groups -OCH3 is 2. The van der Waals surface area contributed by atoms with Crippen molar-refractivity contribution in [2.24, 2.45) is 0 Å². The normalized spacial score (nSPS) is 12.8. The molecule has 0 fully saturated rings. The fourth-order valence-electron chi connectivity index (χ4n) is 3.59. The van der Waals surface area contributed by atoms with Gasteiger partial charge < -0.3 is 14.2 Å². The monoisotopic (exact) mass is 337 g/mol. The van der Waals surface area contributed by atoms with Crippen LogP contribution in [0, 0.1) is 0 Å². The van der Waals surface area contributed by atoms with E-state index in [1.807, 2.05) is 36.4 Å². The molecule has 5 nitrogen and oxygen atoms in total. The van der Waals surface area contributed by atoms with Crippen LogP contribution in [0.3, 0.4) is 0 Å². The van der Waals surface area contributed by atoms with Crippen molar-refractivity contribution in [3.8, 4) is 28.5 Å². The average molecular weight is 337 g/mol. The largest absolute Gasteiger partial charge is 0.497 e. The molecular formula is C20H19NO4. The van der Waals surface area contributed by atoms with Gasteiger partial charge in [-0.25, -0.2) is 0 Å². The third-order valence-electron chi connectivity index (χ3n) is 4.65. The highest BCUT2D eigenvalue weighted by atomic mass is 16.5. The minimum atomic E-state index is -0.0561. The summed E-state index contributed by atoms with van der Waals surface area (Å²) in [5.74, 6) is 2.19. The summed E-state index contributed by atoms with van der Waals surface area (Å²) in [4.78, 5) is 12.5. The SMILES string of the molecule is COc1ccc(-c2c3c4c(ccc(OC)c4n2C(C)=O)OCC3)cc1. The molecule has 1 aliphatic rings. The van der Waals surface area contributed by atoms with Crippen LogP contribution in [-0.4, -0.2) is 31.3 Å². The summed E-state index contributed by atoms with van der Waals surface area (Å²) in [7, 11) is 3.26. The second kappa shape index (κ2) is 5.84. The van der Waals surface area contributed by atoms with Gasteiger partial charge in [-0.1, -0.05) is 0 Å². The van der Waals surface area contributed by atoms with Crippen molar-refractivity contribution in [2.45, 2.75) is 13.3 Å². The molecule has 5 heteroatoms. The van der Waals surface area contributed by atoms with E-state index < -0.39 is 0 Å². The Morgan fingerprint density at radius 2 is 1.84 bits per heavy atom. The number of benzene rings is 2. The minimum absolute atomic E-state index is 0.0561. The number of nitrogens with zero attached hydrogens (tertiary/aromatic N) is 1. The van der Waals surface area contributed by atoms with Crippen LogP contribution in [-0.2, 0) is 6.42 Å². The van der Waals surface area contributed by atoms with E-state index in [4.69, 9.17) is 14.2 Å². The van der Waals surface area contributed by atoms with E-state index in [9.17, 15) is 4.79 Å². The third-order valence-corrected chi connectivity index (χ3v) is 4.65. The summed E-state index contributed by atoms with van der Waals surface area (Å²) in [5.41, 5.74) is 3.76. The Bertz CT molecular complexity index is 970. The van der Waals surface area contributed by atoms with Crippen LogP contribution in [0.5, 0.6) is 17.2 Å². The summed E-state index contributed by atoms with van der Waals surface area (Å²) >= 11 is 0. The Balaban J connectivity index is 2.11. The van der Waals surface area contributed by atoms with Crippen LogP contribution in [0.4, 0.5) is 0 Å². The molecule has 0 radical (unpaired) electrons. The van der Waals surface area contributed by atoms with E-state index in [0.717, 1.165) is 45.6 Å². The molecule has 0 saturated carbocycles. The molecule has 3 aromatic rings. The first-order valence-corrected chi connectivity index (χ1v) is 8.18. The Morgan fingerprint density at radius 3 is 2.48 bits per heavy atom. The van der Waals surface area contributed by atoms with Gasteiger partial charge in [-0.2, -0.15) is 0 Å². The Hall–Kier alpha value is -2.95. The minimum Gasteiger partial charge on any atom is -0.497 e. The molecule has 25 heavy (non-hydrogen) atoms. The second-order valence-corrected chi connectivity index (χ2v) is 6.00. The molecule has 0 aliphatic carbocycles. The van der Waals surface area contributed by atoms with Crippen molar-refractivity contribution in [3.05, 3.63) is 42.0 Å². The van der Waals surface area contributed by atoms with Gasteiger partial charge in [0.25, 0.3) is 0 Å². The van der Waals surface area contributed by atoms with Crippen LogP contribution < -0.4 is 14.2 Å². The van der Waals surface area contributed by atoms with Gasteiger partial charge in [0.05, 0.1) is 26.5 Å². The second-order valence-electron chi connectivity index (χ2n) is 6.00. The maximum absolute atomic E-state index is 12.5. The summed E-state index contributed by atoms with van der Waals surface area (Å²) in [6.45, 7) is 2.17. The number of carbonyl (C=O) groups is 1. The third kappa shape index (κ3) is 2.27. The maximum Gasteiger partial charge on any atom is 0.228 e. The molecule has 128 valence electrons. The van der Waals surface area contributed by atoms with E-state index in [1.165, 1.54) is 0 Å². The van der Waals surface area contributed by atoms with E-state index in [-0.39, 0.29) is 5.91 Å². The van der Waals surface area contributed by atoms with Gasteiger partial charge in [0.2, 0.25) is 5.91 Å². The number of aromatic nitrogens is 1. The lowest BCUT2D eigenvalue weighted by atomic mass is 10.0.